The van der Waals surface area contributed by atoms with Crippen molar-refractivity contribution in [1.82, 2.24) is 5.32 Å². The van der Waals surface area contributed by atoms with Crippen LogP contribution in [-0.4, -0.2) is 24.5 Å². The number of carbonyl (C=O) groups excluding carboxylic acids is 2. The first kappa shape index (κ1) is 14.9. The number of ether oxygens (including phenoxy) is 1. The second kappa shape index (κ2) is 5.99. The molecular weight excluding hydrogens is 280 g/mol. The maximum atomic E-state index is 12.5. The molecule has 3 rings (SSSR count). The fourth-order valence-electron chi connectivity index (χ4n) is 3.25. The third-order valence-electron chi connectivity index (χ3n) is 4.90. The lowest BCUT2D eigenvalue weighted by Gasteiger charge is -2.34. The summed E-state index contributed by atoms with van der Waals surface area (Å²) in [5.41, 5.74) is 1.19. The minimum Gasteiger partial charge on any atom is -0.482 e. The normalized spacial score (nSPS) is 27.4. The van der Waals surface area contributed by atoms with Crippen LogP contribution in [0.2, 0.25) is 0 Å². The van der Waals surface area contributed by atoms with Crippen molar-refractivity contribution in [2.24, 2.45) is 11.8 Å². The van der Waals surface area contributed by atoms with E-state index >= 15 is 0 Å². The summed E-state index contributed by atoms with van der Waals surface area (Å²) in [5, 5.41) is 5.87. The Balaban J connectivity index is 1.71. The zero-order valence-electron chi connectivity index (χ0n) is 13.0. The van der Waals surface area contributed by atoms with Gasteiger partial charge in [0.2, 0.25) is 0 Å². The van der Waals surface area contributed by atoms with Crippen molar-refractivity contribution in [1.29, 1.82) is 0 Å². The molecule has 2 N–H and O–H groups in total. The summed E-state index contributed by atoms with van der Waals surface area (Å²) in [6.45, 7) is 4.45. The molecule has 1 fully saturated rings. The molecule has 1 aromatic rings. The van der Waals surface area contributed by atoms with Crippen LogP contribution < -0.4 is 15.4 Å². The predicted octanol–water partition coefficient (Wildman–Crippen LogP) is 2.57. The minimum absolute atomic E-state index is 0.00472. The average molecular weight is 302 g/mol. The van der Waals surface area contributed by atoms with Crippen LogP contribution in [0.5, 0.6) is 5.75 Å². The summed E-state index contributed by atoms with van der Waals surface area (Å²) < 4.78 is 5.36. The lowest BCUT2D eigenvalue weighted by Crippen LogP contribution is -2.43. The zero-order chi connectivity index (χ0) is 15.7. The van der Waals surface area contributed by atoms with Crippen LogP contribution >= 0.6 is 0 Å². The Morgan fingerprint density at radius 2 is 2.14 bits per heavy atom. The van der Waals surface area contributed by atoms with Gasteiger partial charge in [-0.1, -0.05) is 26.7 Å². The van der Waals surface area contributed by atoms with Crippen molar-refractivity contribution < 1.29 is 14.3 Å². The molecule has 1 aromatic carbocycles. The molecule has 5 nitrogen and oxygen atoms in total. The quantitative estimate of drug-likeness (QED) is 0.882. The van der Waals surface area contributed by atoms with Gasteiger partial charge in [0, 0.05) is 11.6 Å². The van der Waals surface area contributed by atoms with E-state index in [1.54, 1.807) is 18.2 Å². The van der Waals surface area contributed by atoms with E-state index in [2.05, 4.69) is 24.5 Å². The fraction of sp³-hybridized carbons (Fsp3) is 0.529. The van der Waals surface area contributed by atoms with Crippen LogP contribution in [-0.2, 0) is 4.79 Å². The summed E-state index contributed by atoms with van der Waals surface area (Å²) in [6, 6.07) is 5.36. The smallest absolute Gasteiger partial charge is 0.262 e. The van der Waals surface area contributed by atoms with Gasteiger partial charge in [0.1, 0.15) is 5.75 Å². The largest absolute Gasteiger partial charge is 0.482 e. The van der Waals surface area contributed by atoms with E-state index in [1.807, 2.05) is 0 Å². The monoisotopic (exact) mass is 302 g/mol. The van der Waals surface area contributed by atoms with E-state index in [4.69, 9.17) is 4.74 Å². The first-order valence-corrected chi connectivity index (χ1v) is 7.92. The molecule has 0 saturated heterocycles. The highest BCUT2D eigenvalue weighted by atomic mass is 16.5. The summed E-state index contributed by atoms with van der Waals surface area (Å²) in [6.07, 6.45) is 3.43. The molecule has 1 saturated carbocycles. The van der Waals surface area contributed by atoms with Gasteiger partial charge < -0.3 is 15.4 Å². The van der Waals surface area contributed by atoms with Gasteiger partial charge in [0.15, 0.2) is 6.61 Å². The number of hydrogen-bond donors (Lipinski definition) is 2. The number of anilines is 1. The second-order valence-electron chi connectivity index (χ2n) is 6.40. The first-order chi connectivity index (χ1) is 10.5. The van der Waals surface area contributed by atoms with Crippen molar-refractivity contribution in [3.63, 3.8) is 0 Å². The fourth-order valence-corrected chi connectivity index (χ4v) is 3.25. The molecule has 118 valence electrons. The predicted molar refractivity (Wildman–Crippen MR) is 84.0 cm³/mol. The Morgan fingerprint density at radius 1 is 1.32 bits per heavy atom. The van der Waals surface area contributed by atoms with E-state index in [0.29, 0.717) is 28.8 Å². The van der Waals surface area contributed by atoms with E-state index in [9.17, 15) is 9.59 Å². The van der Waals surface area contributed by atoms with Crippen LogP contribution in [0.1, 0.15) is 43.5 Å². The second-order valence-corrected chi connectivity index (χ2v) is 6.40. The van der Waals surface area contributed by atoms with Gasteiger partial charge in [-0.15, -0.1) is 0 Å². The van der Waals surface area contributed by atoms with E-state index < -0.39 is 0 Å². The zero-order valence-corrected chi connectivity index (χ0v) is 13.0. The van der Waals surface area contributed by atoms with Crippen LogP contribution in [0.4, 0.5) is 5.69 Å². The molecule has 0 bridgehead atoms. The van der Waals surface area contributed by atoms with Gasteiger partial charge in [0.05, 0.1) is 5.69 Å². The van der Waals surface area contributed by atoms with E-state index in [1.165, 1.54) is 6.42 Å². The summed E-state index contributed by atoms with van der Waals surface area (Å²) >= 11 is 0. The number of fused-ring (bicyclic) bond motifs is 1. The average Bonchev–Trinajstić information content (AvgIpc) is 2.51. The Hall–Kier alpha value is -2.04. The summed E-state index contributed by atoms with van der Waals surface area (Å²) in [7, 11) is 0. The highest BCUT2D eigenvalue weighted by Crippen LogP contribution is 2.31. The third-order valence-corrected chi connectivity index (χ3v) is 4.90. The van der Waals surface area contributed by atoms with E-state index in [0.717, 1.165) is 12.8 Å². The van der Waals surface area contributed by atoms with Crippen LogP contribution in [0.15, 0.2) is 18.2 Å². The molecule has 22 heavy (non-hydrogen) atoms. The van der Waals surface area contributed by atoms with Gasteiger partial charge in [-0.25, -0.2) is 0 Å². The van der Waals surface area contributed by atoms with Crippen LogP contribution in [0, 0.1) is 11.8 Å². The molecule has 1 aliphatic carbocycles. The maximum absolute atomic E-state index is 12.5. The third kappa shape index (κ3) is 2.93. The number of carbonyl (C=O) groups is 2. The summed E-state index contributed by atoms with van der Waals surface area (Å²) in [5.74, 6) is 1.44. The van der Waals surface area contributed by atoms with Crippen molar-refractivity contribution in [3.8, 4) is 5.75 Å². The van der Waals surface area contributed by atoms with Crippen molar-refractivity contribution in [2.75, 3.05) is 11.9 Å². The Kier molecular flexibility index (Phi) is 4.05. The van der Waals surface area contributed by atoms with Crippen LogP contribution in [0.25, 0.3) is 0 Å². The lowest BCUT2D eigenvalue weighted by molar-refractivity contribution is -0.118. The van der Waals surface area contributed by atoms with Gasteiger partial charge in [0.25, 0.3) is 11.8 Å². The molecule has 0 radical (unpaired) electrons. The first-order valence-electron chi connectivity index (χ1n) is 7.92. The maximum Gasteiger partial charge on any atom is 0.262 e. The number of hydrogen-bond acceptors (Lipinski definition) is 3. The van der Waals surface area contributed by atoms with E-state index in [-0.39, 0.29) is 24.5 Å². The molecule has 5 heteroatoms. The number of rotatable bonds is 2. The standard InChI is InChI=1S/C17H22N2O3/c1-10-4-3-5-13(11(10)2)19-17(21)12-6-7-14-15(8-12)22-9-16(20)18-14/h6-8,10-11,13H,3-5,9H2,1-2H3,(H,18,20)(H,19,21). The topological polar surface area (TPSA) is 67.4 Å². The molecule has 0 spiro atoms. The van der Waals surface area contributed by atoms with Gasteiger partial charge >= 0.3 is 0 Å². The Morgan fingerprint density at radius 3 is 2.95 bits per heavy atom. The van der Waals surface area contributed by atoms with Crippen molar-refractivity contribution in [3.05, 3.63) is 23.8 Å². The van der Waals surface area contributed by atoms with Crippen molar-refractivity contribution in [2.45, 2.75) is 39.2 Å². The van der Waals surface area contributed by atoms with Gasteiger partial charge in [-0.3, -0.25) is 9.59 Å². The molecule has 2 aliphatic rings. The number of nitrogens with one attached hydrogen (secondary N) is 2. The molecule has 3 atom stereocenters. The minimum atomic E-state index is -0.172. The lowest BCUT2D eigenvalue weighted by atomic mass is 9.78. The molecule has 3 unspecified atom stereocenters. The highest BCUT2D eigenvalue weighted by Gasteiger charge is 2.28. The van der Waals surface area contributed by atoms with Crippen molar-refractivity contribution >= 4 is 17.5 Å². The number of amides is 2. The molecular formula is C17H22N2O3. The molecule has 2 amide bonds. The molecule has 1 heterocycles. The molecule has 0 aromatic heterocycles. The Labute approximate surface area is 130 Å². The van der Waals surface area contributed by atoms with Gasteiger partial charge in [-0.2, -0.15) is 0 Å². The highest BCUT2D eigenvalue weighted by molar-refractivity contribution is 5.99. The summed E-state index contributed by atoms with van der Waals surface area (Å²) in [4.78, 5) is 23.7. The van der Waals surface area contributed by atoms with Gasteiger partial charge in [-0.05, 0) is 36.5 Å². The SMILES string of the molecule is CC1CCCC(NC(=O)c2ccc3c(c2)OCC(=O)N3)C1C. The molecule has 1 aliphatic heterocycles. The van der Waals surface area contributed by atoms with Crippen LogP contribution in [0.3, 0.4) is 0 Å². The number of benzene rings is 1. The Bertz CT molecular complexity index is 600.